The molecule has 1 atom stereocenters. The molecular weight excluding hydrogens is 272 g/mol. The Morgan fingerprint density at radius 2 is 1.62 bits per heavy atom. The molecule has 21 heavy (non-hydrogen) atoms. The van der Waals surface area contributed by atoms with Gasteiger partial charge in [0.25, 0.3) is 5.91 Å². The zero-order valence-corrected chi connectivity index (χ0v) is 14.0. The Morgan fingerprint density at radius 1 is 1.10 bits per heavy atom. The number of ether oxygens (including phenoxy) is 1. The van der Waals surface area contributed by atoms with Gasteiger partial charge in [0, 0.05) is 11.1 Å². The molecule has 1 aliphatic heterocycles. The van der Waals surface area contributed by atoms with Crippen LogP contribution in [0.15, 0.2) is 0 Å². The van der Waals surface area contributed by atoms with Crippen LogP contribution < -0.4 is 0 Å². The molecule has 0 spiro atoms. The number of imide groups is 1. The summed E-state index contributed by atoms with van der Waals surface area (Å²) in [5, 5.41) is 0. The van der Waals surface area contributed by atoms with Gasteiger partial charge in [0.2, 0.25) is 0 Å². The molecule has 0 aromatic rings. The molecule has 0 aliphatic carbocycles. The van der Waals surface area contributed by atoms with Crippen LogP contribution in [-0.4, -0.2) is 51.4 Å². The molecule has 1 unspecified atom stereocenters. The van der Waals surface area contributed by atoms with E-state index >= 15 is 0 Å². The maximum Gasteiger partial charge on any atom is 0.328 e. The van der Waals surface area contributed by atoms with Gasteiger partial charge in [-0.15, -0.1) is 0 Å². The predicted octanol–water partition coefficient (Wildman–Crippen LogP) is 2.17. The Morgan fingerprint density at radius 3 is 2.00 bits per heavy atom. The summed E-state index contributed by atoms with van der Waals surface area (Å²) in [6, 6.07) is -1.15. The molecule has 0 bridgehead atoms. The maximum atomic E-state index is 12.6. The van der Waals surface area contributed by atoms with E-state index < -0.39 is 23.1 Å². The number of urea groups is 1. The average Bonchev–Trinajstić information content (AvgIpc) is 2.48. The zero-order valence-electron chi connectivity index (χ0n) is 14.0. The van der Waals surface area contributed by atoms with Crippen LogP contribution in [0.25, 0.3) is 0 Å². The third kappa shape index (κ3) is 3.54. The van der Waals surface area contributed by atoms with E-state index in [2.05, 4.69) is 0 Å². The van der Waals surface area contributed by atoms with E-state index in [0.29, 0.717) is 0 Å². The van der Waals surface area contributed by atoms with Gasteiger partial charge in [0.1, 0.15) is 6.04 Å². The van der Waals surface area contributed by atoms with Crippen LogP contribution in [0, 0.1) is 0 Å². The minimum absolute atomic E-state index is 0.109. The Labute approximate surface area is 126 Å². The van der Waals surface area contributed by atoms with Gasteiger partial charge < -0.3 is 9.64 Å². The first-order valence-electron chi connectivity index (χ1n) is 7.24. The van der Waals surface area contributed by atoms with Gasteiger partial charge >= 0.3 is 12.0 Å². The average molecular weight is 298 g/mol. The first kappa shape index (κ1) is 17.5. The van der Waals surface area contributed by atoms with Crippen molar-refractivity contribution in [3.05, 3.63) is 0 Å². The van der Waals surface area contributed by atoms with E-state index in [1.54, 1.807) is 27.7 Å². The predicted molar refractivity (Wildman–Crippen MR) is 78.6 cm³/mol. The molecule has 1 heterocycles. The minimum Gasteiger partial charge on any atom is -0.466 e. The summed E-state index contributed by atoms with van der Waals surface area (Å²) < 4.78 is 4.92. The summed E-state index contributed by atoms with van der Waals surface area (Å²) in [6.45, 7) is 12.9. The van der Waals surface area contributed by atoms with E-state index in [1.807, 2.05) is 20.8 Å². The largest absolute Gasteiger partial charge is 0.466 e. The second-order valence-corrected chi connectivity index (χ2v) is 7.19. The molecule has 6 nitrogen and oxygen atoms in total. The Kier molecular flexibility index (Phi) is 4.70. The lowest BCUT2D eigenvalue weighted by atomic mass is 10.0. The second-order valence-electron chi connectivity index (χ2n) is 7.19. The second kappa shape index (κ2) is 5.66. The standard InChI is InChI=1S/C15H26N2O4/c1-8-21-11(18)9-10-12(19)17(15(5,6)7)13(20)16(10)14(2,3)4/h10H,8-9H2,1-7H3. The highest BCUT2D eigenvalue weighted by atomic mass is 16.5. The van der Waals surface area contributed by atoms with Crippen molar-refractivity contribution in [1.29, 1.82) is 0 Å². The van der Waals surface area contributed by atoms with E-state index in [9.17, 15) is 14.4 Å². The lowest BCUT2D eigenvalue weighted by molar-refractivity contribution is -0.147. The van der Waals surface area contributed by atoms with E-state index in [4.69, 9.17) is 4.74 Å². The molecular formula is C15H26N2O4. The third-order valence-electron chi connectivity index (χ3n) is 3.27. The molecule has 6 heteroatoms. The van der Waals surface area contributed by atoms with E-state index in [1.165, 1.54) is 9.80 Å². The van der Waals surface area contributed by atoms with Crippen molar-refractivity contribution in [3.63, 3.8) is 0 Å². The number of carbonyl (C=O) groups is 3. The van der Waals surface area contributed by atoms with E-state index in [0.717, 1.165) is 0 Å². The SMILES string of the molecule is CCOC(=O)CC1C(=O)N(C(C)(C)C)C(=O)N1C(C)(C)C. The van der Waals surface area contributed by atoms with Gasteiger partial charge in [-0.3, -0.25) is 14.5 Å². The lowest BCUT2D eigenvalue weighted by Gasteiger charge is -2.35. The fraction of sp³-hybridized carbons (Fsp3) is 0.800. The van der Waals surface area contributed by atoms with Crippen LogP contribution in [0.2, 0.25) is 0 Å². The van der Waals surface area contributed by atoms with Gasteiger partial charge in [-0.05, 0) is 48.5 Å². The molecule has 1 saturated heterocycles. The van der Waals surface area contributed by atoms with Crippen LogP contribution in [0.4, 0.5) is 4.79 Å². The summed E-state index contributed by atoms with van der Waals surface area (Å²) in [5.74, 6) is -0.802. The number of carbonyl (C=O) groups excluding carboxylic acids is 3. The van der Waals surface area contributed by atoms with Gasteiger partial charge in [-0.1, -0.05) is 0 Å². The van der Waals surface area contributed by atoms with Crippen LogP contribution in [0.1, 0.15) is 54.9 Å². The molecule has 0 aromatic heterocycles. The first-order valence-corrected chi connectivity index (χ1v) is 7.24. The maximum absolute atomic E-state index is 12.6. The van der Waals surface area contributed by atoms with Crippen LogP contribution in [0.5, 0.6) is 0 Å². The minimum atomic E-state index is -0.796. The molecule has 1 aliphatic rings. The molecule has 1 rings (SSSR count). The first-order chi connectivity index (χ1) is 9.41. The summed E-state index contributed by atoms with van der Waals surface area (Å²) in [6.07, 6.45) is -0.109. The van der Waals surface area contributed by atoms with Crippen LogP contribution in [0.3, 0.4) is 0 Å². The number of rotatable bonds is 3. The van der Waals surface area contributed by atoms with Crippen molar-refractivity contribution >= 4 is 17.9 Å². The fourth-order valence-electron chi connectivity index (χ4n) is 2.52. The number of esters is 1. The topological polar surface area (TPSA) is 66.9 Å². The van der Waals surface area contributed by atoms with Gasteiger partial charge in [0.15, 0.2) is 0 Å². The number of amides is 3. The molecule has 1 fully saturated rings. The molecule has 3 amide bonds. The lowest BCUT2D eigenvalue weighted by Crippen LogP contribution is -2.50. The van der Waals surface area contributed by atoms with E-state index in [-0.39, 0.29) is 25.0 Å². The van der Waals surface area contributed by atoms with Gasteiger partial charge in [-0.25, -0.2) is 4.79 Å². The van der Waals surface area contributed by atoms with Crippen molar-refractivity contribution in [2.24, 2.45) is 0 Å². The molecule has 0 aromatic carbocycles. The summed E-state index contributed by atoms with van der Waals surface area (Å²) in [5.41, 5.74) is -1.18. The van der Waals surface area contributed by atoms with Crippen molar-refractivity contribution in [2.45, 2.75) is 72.0 Å². The van der Waals surface area contributed by atoms with Gasteiger partial charge in [0.05, 0.1) is 13.0 Å². The molecule has 0 radical (unpaired) electrons. The van der Waals surface area contributed by atoms with Crippen molar-refractivity contribution in [1.82, 2.24) is 9.80 Å². The highest BCUT2D eigenvalue weighted by molar-refractivity contribution is 6.06. The van der Waals surface area contributed by atoms with Gasteiger partial charge in [-0.2, -0.15) is 0 Å². The van der Waals surface area contributed by atoms with Crippen LogP contribution >= 0.6 is 0 Å². The normalized spacial score (nSPS) is 20.2. The fourth-order valence-corrected chi connectivity index (χ4v) is 2.52. The highest BCUT2D eigenvalue weighted by Crippen LogP contribution is 2.33. The zero-order chi connectivity index (χ0) is 16.6. The van der Waals surface area contributed by atoms with Crippen LogP contribution in [-0.2, 0) is 14.3 Å². The number of hydrogen-bond acceptors (Lipinski definition) is 4. The number of hydrogen-bond donors (Lipinski definition) is 0. The summed E-state index contributed by atoms with van der Waals surface area (Å²) >= 11 is 0. The summed E-state index contributed by atoms with van der Waals surface area (Å²) in [4.78, 5) is 39.7. The number of nitrogens with zero attached hydrogens (tertiary/aromatic N) is 2. The highest BCUT2D eigenvalue weighted by Gasteiger charge is 2.53. The van der Waals surface area contributed by atoms with Crippen molar-refractivity contribution < 1.29 is 19.1 Å². The Bertz CT molecular complexity index is 446. The van der Waals surface area contributed by atoms with Crippen molar-refractivity contribution in [2.75, 3.05) is 6.61 Å². The molecule has 120 valence electrons. The molecule has 0 N–H and O–H groups in total. The Hall–Kier alpha value is -1.59. The smallest absolute Gasteiger partial charge is 0.328 e. The summed E-state index contributed by atoms with van der Waals surface area (Å²) in [7, 11) is 0. The quantitative estimate of drug-likeness (QED) is 0.591. The third-order valence-corrected chi connectivity index (χ3v) is 3.27. The van der Waals surface area contributed by atoms with Crippen molar-refractivity contribution in [3.8, 4) is 0 Å². The monoisotopic (exact) mass is 298 g/mol. The molecule has 0 saturated carbocycles. The Balaban J connectivity index is 3.16.